The Bertz CT molecular complexity index is 1510. The van der Waals surface area contributed by atoms with Crippen molar-refractivity contribution in [2.45, 2.75) is 4.90 Å². The number of hydrogen-bond donors (Lipinski definition) is 1. The van der Waals surface area contributed by atoms with Crippen molar-refractivity contribution in [3.05, 3.63) is 72.7 Å². The SMILES string of the molecule is CN1CCN(c2cnc3ccc(-c4cncc(NS(=O)(=O)c5ccc(F)cc5F)c4)cc3n2)CC1. The van der Waals surface area contributed by atoms with Crippen LogP contribution in [0.1, 0.15) is 0 Å². The highest BCUT2D eigenvalue weighted by Gasteiger charge is 2.20. The summed E-state index contributed by atoms with van der Waals surface area (Å²) >= 11 is 0. The predicted octanol–water partition coefficient (Wildman–Crippen LogP) is 3.52. The van der Waals surface area contributed by atoms with E-state index in [4.69, 9.17) is 4.98 Å². The Morgan fingerprint density at radius 2 is 1.69 bits per heavy atom. The molecular weight excluding hydrogens is 474 g/mol. The number of fused-ring (bicyclic) bond motifs is 1. The van der Waals surface area contributed by atoms with E-state index in [1.807, 2.05) is 18.2 Å². The number of nitrogens with zero attached hydrogens (tertiary/aromatic N) is 5. The number of halogens is 2. The monoisotopic (exact) mass is 496 g/mol. The number of anilines is 2. The maximum atomic E-state index is 14.0. The second-order valence-corrected chi connectivity index (χ2v) is 10.0. The minimum absolute atomic E-state index is 0.142. The number of nitrogens with one attached hydrogen (secondary N) is 1. The van der Waals surface area contributed by atoms with Crippen LogP contribution in [0.25, 0.3) is 22.2 Å². The van der Waals surface area contributed by atoms with Gasteiger partial charge in [-0.1, -0.05) is 6.07 Å². The number of likely N-dealkylation sites (N-methyl/N-ethyl adjacent to an activating group) is 1. The van der Waals surface area contributed by atoms with Gasteiger partial charge in [0.05, 0.1) is 29.1 Å². The average molecular weight is 497 g/mol. The number of pyridine rings is 1. The molecule has 1 fully saturated rings. The minimum Gasteiger partial charge on any atom is -0.353 e. The summed E-state index contributed by atoms with van der Waals surface area (Å²) in [6.07, 6.45) is 4.68. The summed E-state index contributed by atoms with van der Waals surface area (Å²) in [6.45, 7) is 3.65. The van der Waals surface area contributed by atoms with Crippen LogP contribution in [0.2, 0.25) is 0 Å². The molecule has 1 aliphatic rings. The number of benzene rings is 2. The lowest BCUT2D eigenvalue weighted by atomic mass is 10.1. The third kappa shape index (κ3) is 4.91. The van der Waals surface area contributed by atoms with E-state index in [1.165, 1.54) is 6.20 Å². The van der Waals surface area contributed by atoms with E-state index in [0.717, 1.165) is 55.2 Å². The first-order valence-corrected chi connectivity index (χ1v) is 12.4. The Balaban J connectivity index is 1.43. The summed E-state index contributed by atoms with van der Waals surface area (Å²) in [6, 6.07) is 9.44. The normalized spacial score (nSPS) is 14.9. The van der Waals surface area contributed by atoms with E-state index in [1.54, 1.807) is 18.5 Å². The first-order chi connectivity index (χ1) is 16.8. The van der Waals surface area contributed by atoms with Crippen LogP contribution in [-0.2, 0) is 10.0 Å². The van der Waals surface area contributed by atoms with Crippen molar-refractivity contribution >= 4 is 32.6 Å². The van der Waals surface area contributed by atoms with Crippen molar-refractivity contribution in [3.8, 4) is 11.1 Å². The highest BCUT2D eigenvalue weighted by atomic mass is 32.2. The standard InChI is InChI=1S/C24H22F2N6O2S/c1-31-6-8-32(9-7-31)24-15-28-21-4-2-16(11-22(21)29-24)17-10-19(14-27-13-17)30-35(33,34)23-5-3-18(25)12-20(23)26/h2-5,10-15,30H,6-9H2,1H3. The lowest BCUT2D eigenvalue weighted by Gasteiger charge is -2.33. The van der Waals surface area contributed by atoms with Crippen molar-refractivity contribution in [3.63, 3.8) is 0 Å². The minimum atomic E-state index is -4.28. The molecule has 1 saturated heterocycles. The Labute approximate surface area is 201 Å². The number of aromatic nitrogens is 3. The van der Waals surface area contributed by atoms with E-state index in [9.17, 15) is 17.2 Å². The molecule has 1 aliphatic heterocycles. The molecule has 2 aromatic carbocycles. The molecule has 35 heavy (non-hydrogen) atoms. The van der Waals surface area contributed by atoms with E-state index >= 15 is 0 Å². The van der Waals surface area contributed by atoms with E-state index in [0.29, 0.717) is 17.1 Å². The van der Waals surface area contributed by atoms with Crippen LogP contribution in [0.5, 0.6) is 0 Å². The summed E-state index contributed by atoms with van der Waals surface area (Å²) in [7, 11) is -2.19. The van der Waals surface area contributed by atoms with Crippen LogP contribution in [0.4, 0.5) is 20.3 Å². The fraction of sp³-hybridized carbons (Fsp3) is 0.208. The molecule has 5 rings (SSSR count). The molecule has 0 atom stereocenters. The van der Waals surface area contributed by atoms with Crippen LogP contribution < -0.4 is 9.62 Å². The zero-order valence-electron chi connectivity index (χ0n) is 18.8. The van der Waals surface area contributed by atoms with Gasteiger partial charge < -0.3 is 9.80 Å². The Morgan fingerprint density at radius 1 is 0.886 bits per heavy atom. The molecule has 0 aliphatic carbocycles. The maximum absolute atomic E-state index is 14.0. The number of sulfonamides is 1. The van der Waals surface area contributed by atoms with Crippen LogP contribution in [0.15, 0.2) is 66.0 Å². The van der Waals surface area contributed by atoms with Gasteiger partial charge in [-0.15, -0.1) is 0 Å². The molecular formula is C24H22F2N6O2S. The Morgan fingerprint density at radius 3 is 2.46 bits per heavy atom. The van der Waals surface area contributed by atoms with Gasteiger partial charge in [0.25, 0.3) is 10.0 Å². The largest absolute Gasteiger partial charge is 0.353 e. The molecule has 0 bridgehead atoms. The summed E-state index contributed by atoms with van der Waals surface area (Å²) in [4.78, 5) is 17.3. The van der Waals surface area contributed by atoms with Crippen molar-refractivity contribution in [1.29, 1.82) is 0 Å². The number of hydrogen-bond acceptors (Lipinski definition) is 7. The first-order valence-electron chi connectivity index (χ1n) is 10.9. The van der Waals surface area contributed by atoms with Gasteiger partial charge in [-0.05, 0) is 42.9 Å². The predicted molar refractivity (Wildman–Crippen MR) is 130 cm³/mol. The molecule has 0 amide bonds. The molecule has 0 saturated carbocycles. The maximum Gasteiger partial charge on any atom is 0.264 e. The Kier molecular flexibility index (Phi) is 6.03. The quantitative estimate of drug-likeness (QED) is 0.452. The topological polar surface area (TPSA) is 91.3 Å². The second kappa shape index (κ2) is 9.16. The molecule has 180 valence electrons. The summed E-state index contributed by atoms with van der Waals surface area (Å²) in [5, 5.41) is 0. The lowest BCUT2D eigenvalue weighted by molar-refractivity contribution is 0.312. The summed E-state index contributed by atoms with van der Waals surface area (Å²) in [5.74, 6) is -1.23. The highest BCUT2D eigenvalue weighted by Crippen LogP contribution is 2.27. The van der Waals surface area contributed by atoms with Crippen molar-refractivity contribution in [1.82, 2.24) is 19.9 Å². The second-order valence-electron chi connectivity index (χ2n) is 8.36. The molecule has 3 heterocycles. The average Bonchev–Trinajstić information content (AvgIpc) is 2.83. The molecule has 0 unspecified atom stereocenters. The van der Waals surface area contributed by atoms with Gasteiger partial charge in [-0.25, -0.2) is 22.2 Å². The van der Waals surface area contributed by atoms with Crippen molar-refractivity contribution in [2.75, 3.05) is 42.8 Å². The summed E-state index contributed by atoms with van der Waals surface area (Å²) < 4.78 is 54.8. The molecule has 4 aromatic rings. The van der Waals surface area contributed by atoms with Gasteiger partial charge in [0.15, 0.2) is 0 Å². The third-order valence-corrected chi connectivity index (χ3v) is 7.28. The van der Waals surface area contributed by atoms with Gasteiger partial charge >= 0.3 is 0 Å². The molecule has 0 radical (unpaired) electrons. The molecule has 1 N–H and O–H groups in total. The smallest absolute Gasteiger partial charge is 0.264 e. The number of rotatable bonds is 5. The first kappa shape index (κ1) is 23.1. The zero-order chi connectivity index (χ0) is 24.6. The molecule has 2 aromatic heterocycles. The van der Waals surface area contributed by atoms with Crippen molar-refractivity contribution < 1.29 is 17.2 Å². The molecule has 0 spiro atoms. The third-order valence-electron chi connectivity index (χ3n) is 5.86. The molecule has 11 heteroatoms. The lowest BCUT2D eigenvalue weighted by Crippen LogP contribution is -2.44. The van der Waals surface area contributed by atoms with Crippen LogP contribution in [0, 0.1) is 11.6 Å². The zero-order valence-corrected chi connectivity index (χ0v) is 19.6. The highest BCUT2D eigenvalue weighted by molar-refractivity contribution is 7.92. The van der Waals surface area contributed by atoms with Crippen LogP contribution in [0.3, 0.4) is 0 Å². The Hall–Kier alpha value is -3.70. The van der Waals surface area contributed by atoms with E-state index in [-0.39, 0.29) is 5.69 Å². The van der Waals surface area contributed by atoms with Gasteiger partial charge in [-0.3, -0.25) is 14.7 Å². The van der Waals surface area contributed by atoms with Gasteiger partial charge in [0, 0.05) is 44.0 Å². The van der Waals surface area contributed by atoms with Crippen molar-refractivity contribution in [2.24, 2.45) is 0 Å². The summed E-state index contributed by atoms with van der Waals surface area (Å²) in [5.41, 5.74) is 2.99. The van der Waals surface area contributed by atoms with Gasteiger partial charge in [0.2, 0.25) is 0 Å². The van der Waals surface area contributed by atoms with Crippen LogP contribution in [-0.4, -0.2) is 61.5 Å². The fourth-order valence-corrected chi connectivity index (χ4v) is 5.02. The van der Waals surface area contributed by atoms with Crippen LogP contribution >= 0.6 is 0 Å². The number of piperazine rings is 1. The van der Waals surface area contributed by atoms with Gasteiger partial charge in [0.1, 0.15) is 22.3 Å². The van der Waals surface area contributed by atoms with E-state index < -0.39 is 26.6 Å². The van der Waals surface area contributed by atoms with E-state index in [2.05, 4.69) is 31.5 Å². The van der Waals surface area contributed by atoms with Gasteiger partial charge in [-0.2, -0.15) is 0 Å². The molecule has 8 nitrogen and oxygen atoms in total. The fourth-order valence-electron chi connectivity index (χ4n) is 3.93.